The first kappa shape index (κ1) is 34.2. The Morgan fingerprint density at radius 2 is 1.58 bits per heavy atom. The van der Waals surface area contributed by atoms with E-state index in [0.717, 1.165) is 38.5 Å². The van der Waals surface area contributed by atoms with E-state index in [1.165, 1.54) is 6.92 Å². The first-order valence-electron chi connectivity index (χ1n) is 18.5. The molecular formula is C37H58O11. The molecular weight excluding hydrogens is 620 g/mol. The summed E-state index contributed by atoms with van der Waals surface area (Å²) in [6, 6.07) is 0. The van der Waals surface area contributed by atoms with E-state index in [0.29, 0.717) is 6.42 Å². The van der Waals surface area contributed by atoms with Crippen LogP contribution in [-0.2, 0) is 28.5 Å². The largest absolute Gasteiger partial charge is 0.457 e. The molecule has 8 rings (SSSR count). The third kappa shape index (κ3) is 3.90. The molecule has 0 aromatic rings. The molecule has 18 atom stereocenters. The van der Waals surface area contributed by atoms with Crippen LogP contribution in [0, 0.1) is 50.7 Å². The van der Waals surface area contributed by atoms with E-state index >= 15 is 0 Å². The highest BCUT2D eigenvalue weighted by molar-refractivity contribution is 5.66. The van der Waals surface area contributed by atoms with E-state index in [1.54, 1.807) is 0 Å². The summed E-state index contributed by atoms with van der Waals surface area (Å²) in [5.41, 5.74) is -2.51. The molecule has 272 valence electrons. The van der Waals surface area contributed by atoms with Crippen molar-refractivity contribution < 1.29 is 54.0 Å². The molecule has 0 aromatic heterocycles. The second-order valence-corrected chi connectivity index (χ2v) is 19.0. The van der Waals surface area contributed by atoms with E-state index < -0.39 is 59.7 Å². The van der Waals surface area contributed by atoms with Crippen molar-refractivity contribution in [2.45, 2.75) is 167 Å². The molecule has 8 fully saturated rings. The van der Waals surface area contributed by atoms with Crippen molar-refractivity contribution >= 4 is 5.97 Å². The third-order valence-electron chi connectivity index (χ3n) is 16.2. The molecule has 5 saturated carbocycles. The lowest BCUT2D eigenvalue weighted by Gasteiger charge is -2.64. The summed E-state index contributed by atoms with van der Waals surface area (Å²) >= 11 is 0. The number of esters is 1. The Morgan fingerprint density at radius 3 is 2.27 bits per heavy atom. The van der Waals surface area contributed by atoms with Crippen LogP contribution in [-0.4, -0.2) is 105 Å². The number of aliphatic hydroxyl groups is 5. The maximum absolute atomic E-state index is 12.8. The van der Waals surface area contributed by atoms with E-state index in [2.05, 4.69) is 34.6 Å². The Labute approximate surface area is 284 Å². The molecule has 3 aliphatic heterocycles. The summed E-state index contributed by atoms with van der Waals surface area (Å²) in [6.45, 7) is 16.2. The second-order valence-electron chi connectivity index (χ2n) is 19.0. The minimum atomic E-state index is -1.35. The van der Waals surface area contributed by atoms with Crippen LogP contribution < -0.4 is 0 Å². The molecule has 11 heteroatoms. The van der Waals surface area contributed by atoms with Crippen molar-refractivity contribution in [3.63, 3.8) is 0 Å². The standard InChI is InChI=1S/C37H58O11/c1-17-13-21-28(32(5,6)46-18(2)38)48-37(47-21)26(17)33(7)11-12-36-16-35(36)10-9-23(45-29-25(42)24(41)20(40)15-44-29)31(3,4)22(35)14-19(39)27(36)34(33,8)30(37)43/h17,19-30,39-43H,9-16H2,1-8H3/t17-,19+,20-,21-,22+,23+,24+,25-,26-,27+,28+,29+,30-,33-,34-,35-,36+,37+/m1/s1. The monoisotopic (exact) mass is 678 g/mol. The minimum Gasteiger partial charge on any atom is -0.457 e. The van der Waals surface area contributed by atoms with Crippen LogP contribution in [0.1, 0.15) is 100 Å². The van der Waals surface area contributed by atoms with Crippen molar-refractivity contribution in [3.05, 3.63) is 0 Å². The molecule has 48 heavy (non-hydrogen) atoms. The van der Waals surface area contributed by atoms with Gasteiger partial charge in [-0.3, -0.25) is 4.79 Å². The number of carbonyl (C=O) groups excluding carboxylic acids is 1. The van der Waals surface area contributed by atoms with Crippen molar-refractivity contribution in [1.29, 1.82) is 0 Å². The molecule has 2 bridgehead atoms. The minimum absolute atomic E-state index is 0.0110. The van der Waals surface area contributed by atoms with Gasteiger partial charge in [-0.2, -0.15) is 0 Å². The predicted molar refractivity (Wildman–Crippen MR) is 170 cm³/mol. The number of ether oxygens (including phenoxy) is 5. The van der Waals surface area contributed by atoms with Gasteiger partial charge in [0, 0.05) is 18.3 Å². The number of fused-ring (bicyclic) bond motifs is 4. The third-order valence-corrected chi connectivity index (χ3v) is 16.2. The van der Waals surface area contributed by atoms with Crippen molar-refractivity contribution in [3.8, 4) is 0 Å². The molecule has 3 saturated heterocycles. The average Bonchev–Trinajstić information content (AvgIpc) is 3.48. The fourth-order valence-corrected chi connectivity index (χ4v) is 14.4. The Morgan fingerprint density at radius 1 is 0.875 bits per heavy atom. The van der Waals surface area contributed by atoms with Crippen LogP contribution in [0.4, 0.5) is 0 Å². The van der Waals surface area contributed by atoms with E-state index in [4.69, 9.17) is 23.7 Å². The molecule has 0 amide bonds. The van der Waals surface area contributed by atoms with Crippen molar-refractivity contribution in [2.75, 3.05) is 6.61 Å². The number of hydrogen-bond acceptors (Lipinski definition) is 11. The predicted octanol–water partition coefficient (Wildman–Crippen LogP) is 2.66. The lowest BCUT2D eigenvalue weighted by Crippen LogP contribution is -2.64. The maximum Gasteiger partial charge on any atom is 0.303 e. The SMILES string of the molecule is CC(=O)OC(C)(C)[C@H]1O[C@@]23O[C@@H]1C[C@@H](C)[C@@H]2[C@@]1(C)CC[C@@]24C[C@@]25CC[C@H](O[C@@H]2OC[C@@H](O)[C@H](O)[C@H]2O)C(C)(C)[C@@H]5C[C@H](O)[C@H]4[C@]1(C)[C@H]3O. The quantitative estimate of drug-likeness (QED) is 0.219. The van der Waals surface area contributed by atoms with E-state index in [-0.39, 0.29) is 70.1 Å². The highest BCUT2D eigenvalue weighted by atomic mass is 16.8. The van der Waals surface area contributed by atoms with Crippen molar-refractivity contribution in [1.82, 2.24) is 0 Å². The Hall–Kier alpha value is -0.890. The van der Waals surface area contributed by atoms with Gasteiger partial charge in [0.05, 0.1) is 24.9 Å². The Bertz CT molecular complexity index is 1350. The average molecular weight is 679 g/mol. The zero-order valence-corrected chi connectivity index (χ0v) is 29.8. The Balaban J connectivity index is 1.11. The normalized spacial score (nSPS) is 59.4. The maximum atomic E-state index is 12.8. The summed E-state index contributed by atoms with van der Waals surface area (Å²) in [7, 11) is 0. The molecule has 8 aliphatic rings. The van der Waals surface area contributed by atoms with E-state index in [1.807, 2.05) is 13.8 Å². The van der Waals surface area contributed by atoms with Gasteiger partial charge >= 0.3 is 5.97 Å². The van der Waals surface area contributed by atoms with Gasteiger partial charge in [0.15, 0.2) is 12.1 Å². The lowest BCUT2D eigenvalue weighted by atomic mass is 9.40. The van der Waals surface area contributed by atoms with Gasteiger partial charge < -0.3 is 49.2 Å². The molecule has 0 radical (unpaired) electrons. The van der Waals surface area contributed by atoms with Crippen LogP contribution in [0.15, 0.2) is 0 Å². The fraction of sp³-hybridized carbons (Fsp3) is 0.973. The number of rotatable bonds is 4. The van der Waals surface area contributed by atoms with Crippen LogP contribution in [0.5, 0.6) is 0 Å². The van der Waals surface area contributed by atoms with Gasteiger partial charge in [-0.25, -0.2) is 0 Å². The van der Waals surface area contributed by atoms with Gasteiger partial charge in [-0.15, -0.1) is 0 Å². The fourth-order valence-electron chi connectivity index (χ4n) is 14.4. The van der Waals surface area contributed by atoms with Gasteiger partial charge in [0.2, 0.25) is 0 Å². The zero-order valence-electron chi connectivity index (χ0n) is 29.8. The van der Waals surface area contributed by atoms with Crippen LogP contribution >= 0.6 is 0 Å². The van der Waals surface area contributed by atoms with Crippen molar-refractivity contribution in [2.24, 2.45) is 50.7 Å². The number of carbonyl (C=O) groups is 1. The summed E-state index contributed by atoms with van der Waals surface area (Å²) in [5.74, 6) is -1.53. The zero-order chi connectivity index (χ0) is 34.8. The molecule has 3 spiro atoms. The highest BCUT2D eigenvalue weighted by Crippen LogP contribution is 2.90. The van der Waals surface area contributed by atoms with E-state index in [9.17, 15) is 30.3 Å². The highest BCUT2D eigenvalue weighted by Gasteiger charge is 2.89. The summed E-state index contributed by atoms with van der Waals surface area (Å²) in [6.07, 6.45) is -1.79. The van der Waals surface area contributed by atoms with Gasteiger partial charge in [0.1, 0.15) is 36.1 Å². The first-order chi connectivity index (χ1) is 22.2. The van der Waals surface area contributed by atoms with Gasteiger partial charge in [-0.1, -0.05) is 34.6 Å². The topological polar surface area (TPSA) is 164 Å². The molecule has 5 N–H and O–H groups in total. The molecule has 11 nitrogen and oxygen atoms in total. The molecule has 0 aromatic carbocycles. The summed E-state index contributed by atoms with van der Waals surface area (Å²) in [4.78, 5) is 12.1. The molecule has 0 unspecified atom stereocenters. The summed E-state index contributed by atoms with van der Waals surface area (Å²) < 4.78 is 31.7. The summed E-state index contributed by atoms with van der Waals surface area (Å²) in [5, 5.41) is 56.2. The van der Waals surface area contributed by atoms with Crippen LogP contribution in [0.3, 0.4) is 0 Å². The van der Waals surface area contributed by atoms with Gasteiger partial charge in [0.25, 0.3) is 0 Å². The smallest absolute Gasteiger partial charge is 0.303 e. The lowest BCUT2D eigenvalue weighted by molar-refractivity contribution is -0.305. The first-order valence-corrected chi connectivity index (χ1v) is 18.5. The number of hydrogen-bond donors (Lipinski definition) is 5. The van der Waals surface area contributed by atoms with Crippen LogP contribution in [0.25, 0.3) is 0 Å². The molecule has 3 heterocycles. The van der Waals surface area contributed by atoms with Gasteiger partial charge in [-0.05, 0) is 98.2 Å². The molecule has 5 aliphatic carbocycles. The Kier molecular flexibility index (Phi) is 7.24. The second kappa shape index (κ2) is 10.2. The van der Waals surface area contributed by atoms with Crippen LogP contribution in [0.2, 0.25) is 0 Å². The number of aliphatic hydroxyl groups excluding tert-OH is 5.